The van der Waals surface area contributed by atoms with E-state index in [1.165, 1.54) is 19.6 Å². The molecule has 1 aromatic rings. The molecule has 1 aliphatic heterocycles. The molecule has 0 aromatic carbocycles. The van der Waals surface area contributed by atoms with Crippen molar-refractivity contribution >= 4 is 0 Å². The SMILES string of the molecule is CN(CCN1CCNCC1)CCn1cccn1. The summed E-state index contributed by atoms with van der Waals surface area (Å²) < 4.78 is 1.99. The molecular formula is C12H23N5. The summed E-state index contributed by atoms with van der Waals surface area (Å²) in [5.41, 5.74) is 0. The fraction of sp³-hybridized carbons (Fsp3) is 0.750. The topological polar surface area (TPSA) is 36.3 Å². The van der Waals surface area contributed by atoms with Crippen molar-refractivity contribution in [3.8, 4) is 0 Å². The lowest BCUT2D eigenvalue weighted by atomic mass is 10.3. The second kappa shape index (κ2) is 6.74. The largest absolute Gasteiger partial charge is 0.314 e. The van der Waals surface area contributed by atoms with E-state index in [1.807, 2.05) is 23.1 Å². The molecule has 0 unspecified atom stereocenters. The van der Waals surface area contributed by atoms with Gasteiger partial charge in [0.15, 0.2) is 0 Å². The van der Waals surface area contributed by atoms with Crippen LogP contribution >= 0.6 is 0 Å². The highest BCUT2D eigenvalue weighted by molar-refractivity contribution is 4.77. The Bertz CT molecular complexity index is 292. The van der Waals surface area contributed by atoms with Crippen molar-refractivity contribution in [2.24, 2.45) is 0 Å². The van der Waals surface area contributed by atoms with Gasteiger partial charge < -0.3 is 10.2 Å². The minimum absolute atomic E-state index is 0.977. The molecule has 5 heteroatoms. The lowest BCUT2D eigenvalue weighted by Crippen LogP contribution is -2.46. The van der Waals surface area contributed by atoms with E-state index in [-0.39, 0.29) is 0 Å². The van der Waals surface area contributed by atoms with Crippen molar-refractivity contribution < 1.29 is 0 Å². The van der Waals surface area contributed by atoms with Crippen LogP contribution < -0.4 is 5.32 Å². The Kier molecular flexibility index (Phi) is 4.97. The summed E-state index contributed by atoms with van der Waals surface area (Å²) in [6.45, 7) is 9.01. The average Bonchev–Trinajstić information content (AvgIpc) is 2.88. The zero-order chi connectivity index (χ0) is 11.9. The monoisotopic (exact) mass is 237 g/mol. The Hall–Kier alpha value is -0.910. The molecule has 0 spiro atoms. The Labute approximate surface area is 103 Å². The first-order chi connectivity index (χ1) is 8.34. The van der Waals surface area contributed by atoms with E-state index >= 15 is 0 Å². The molecule has 96 valence electrons. The number of nitrogens with zero attached hydrogens (tertiary/aromatic N) is 4. The van der Waals surface area contributed by atoms with Crippen LogP contribution in [0.1, 0.15) is 0 Å². The smallest absolute Gasteiger partial charge is 0.0536 e. The molecule has 2 heterocycles. The van der Waals surface area contributed by atoms with Crippen molar-refractivity contribution in [2.45, 2.75) is 6.54 Å². The Morgan fingerprint density at radius 3 is 2.71 bits per heavy atom. The fourth-order valence-corrected chi connectivity index (χ4v) is 2.06. The van der Waals surface area contributed by atoms with Crippen LogP contribution in [0.25, 0.3) is 0 Å². The van der Waals surface area contributed by atoms with Crippen LogP contribution in [0.2, 0.25) is 0 Å². The van der Waals surface area contributed by atoms with Crippen LogP contribution in [0.15, 0.2) is 18.5 Å². The van der Waals surface area contributed by atoms with Gasteiger partial charge in [0.05, 0.1) is 6.54 Å². The van der Waals surface area contributed by atoms with Crippen LogP contribution in [0.3, 0.4) is 0 Å². The first-order valence-electron chi connectivity index (χ1n) is 6.43. The second-order valence-electron chi connectivity index (χ2n) is 4.66. The van der Waals surface area contributed by atoms with Gasteiger partial charge in [-0.05, 0) is 13.1 Å². The van der Waals surface area contributed by atoms with E-state index in [2.05, 4.69) is 27.3 Å². The number of likely N-dealkylation sites (N-methyl/N-ethyl adjacent to an activating group) is 1. The number of hydrogen-bond acceptors (Lipinski definition) is 4. The van der Waals surface area contributed by atoms with Crippen molar-refractivity contribution in [3.63, 3.8) is 0 Å². The maximum Gasteiger partial charge on any atom is 0.0536 e. The van der Waals surface area contributed by atoms with Crippen molar-refractivity contribution in [1.82, 2.24) is 24.9 Å². The van der Waals surface area contributed by atoms with Gasteiger partial charge >= 0.3 is 0 Å². The Balaban J connectivity index is 1.58. The molecule has 0 atom stereocenters. The van der Waals surface area contributed by atoms with Gasteiger partial charge in [0.25, 0.3) is 0 Å². The van der Waals surface area contributed by atoms with Crippen molar-refractivity contribution in [1.29, 1.82) is 0 Å². The van der Waals surface area contributed by atoms with Gasteiger partial charge in [-0.1, -0.05) is 0 Å². The van der Waals surface area contributed by atoms with E-state index in [0.29, 0.717) is 0 Å². The maximum absolute atomic E-state index is 4.21. The summed E-state index contributed by atoms with van der Waals surface area (Å²) in [5, 5.41) is 7.59. The molecule has 5 nitrogen and oxygen atoms in total. The van der Waals surface area contributed by atoms with Gasteiger partial charge in [-0.15, -0.1) is 0 Å². The highest BCUT2D eigenvalue weighted by Crippen LogP contribution is 1.94. The van der Waals surface area contributed by atoms with Gasteiger partial charge in [-0.2, -0.15) is 5.10 Å². The highest BCUT2D eigenvalue weighted by Gasteiger charge is 2.09. The van der Waals surface area contributed by atoms with Gasteiger partial charge in [0, 0.05) is 58.2 Å². The van der Waals surface area contributed by atoms with E-state index in [9.17, 15) is 0 Å². The molecule has 1 N–H and O–H groups in total. The van der Waals surface area contributed by atoms with E-state index < -0.39 is 0 Å². The third kappa shape index (κ3) is 4.46. The number of piperazine rings is 1. The molecule has 0 aliphatic carbocycles. The highest BCUT2D eigenvalue weighted by atomic mass is 15.3. The lowest BCUT2D eigenvalue weighted by molar-refractivity contribution is 0.201. The molecule has 2 rings (SSSR count). The minimum Gasteiger partial charge on any atom is -0.314 e. The normalized spacial score (nSPS) is 17.8. The number of hydrogen-bond donors (Lipinski definition) is 1. The first kappa shape index (κ1) is 12.5. The zero-order valence-corrected chi connectivity index (χ0v) is 10.7. The third-order valence-electron chi connectivity index (χ3n) is 3.28. The Morgan fingerprint density at radius 2 is 2.00 bits per heavy atom. The van der Waals surface area contributed by atoms with Gasteiger partial charge in [-0.25, -0.2) is 0 Å². The molecular weight excluding hydrogens is 214 g/mol. The van der Waals surface area contributed by atoms with Crippen LogP contribution in [0, 0.1) is 0 Å². The molecule has 1 saturated heterocycles. The molecule has 0 amide bonds. The summed E-state index contributed by atoms with van der Waals surface area (Å²) in [4.78, 5) is 4.91. The molecule has 1 aliphatic rings. The van der Waals surface area contributed by atoms with Crippen molar-refractivity contribution in [3.05, 3.63) is 18.5 Å². The lowest BCUT2D eigenvalue weighted by Gasteiger charge is -2.29. The summed E-state index contributed by atoms with van der Waals surface area (Å²) in [5.74, 6) is 0. The molecule has 1 aromatic heterocycles. The fourth-order valence-electron chi connectivity index (χ4n) is 2.06. The summed E-state index contributed by atoms with van der Waals surface area (Å²) in [6.07, 6.45) is 3.85. The average molecular weight is 237 g/mol. The van der Waals surface area contributed by atoms with E-state index in [4.69, 9.17) is 0 Å². The third-order valence-corrected chi connectivity index (χ3v) is 3.28. The molecule has 0 radical (unpaired) electrons. The number of rotatable bonds is 6. The number of nitrogens with one attached hydrogen (secondary N) is 1. The summed E-state index contributed by atoms with van der Waals surface area (Å²) >= 11 is 0. The second-order valence-corrected chi connectivity index (χ2v) is 4.66. The molecule has 0 saturated carbocycles. The summed E-state index contributed by atoms with van der Waals surface area (Å²) in [6, 6.07) is 1.97. The Morgan fingerprint density at radius 1 is 1.24 bits per heavy atom. The van der Waals surface area contributed by atoms with E-state index in [0.717, 1.165) is 32.7 Å². The van der Waals surface area contributed by atoms with Gasteiger partial charge in [0.1, 0.15) is 0 Å². The predicted octanol–water partition coefficient (Wildman–Crippen LogP) is -0.280. The van der Waals surface area contributed by atoms with Crippen LogP contribution in [-0.2, 0) is 6.54 Å². The van der Waals surface area contributed by atoms with Crippen LogP contribution in [0.5, 0.6) is 0 Å². The van der Waals surface area contributed by atoms with Crippen LogP contribution in [-0.4, -0.2) is 72.4 Å². The summed E-state index contributed by atoms with van der Waals surface area (Å²) in [7, 11) is 2.19. The first-order valence-corrected chi connectivity index (χ1v) is 6.43. The van der Waals surface area contributed by atoms with Gasteiger partial charge in [0.2, 0.25) is 0 Å². The molecule has 1 fully saturated rings. The predicted molar refractivity (Wildman–Crippen MR) is 69.0 cm³/mol. The quantitative estimate of drug-likeness (QED) is 0.738. The maximum atomic E-state index is 4.21. The van der Waals surface area contributed by atoms with Crippen molar-refractivity contribution in [2.75, 3.05) is 52.9 Å². The van der Waals surface area contributed by atoms with E-state index in [1.54, 1.807) is 0 Å². The number of aromatic nitrogens is 2. The van der Waals surface area contributed by atoms with Crippen LogP contribution in [0.4, 0.5) is 0 Å². The zero-order valence-electron chi connectivity index (χ0n) is 10.7. The standard InChI is InChI=1S/C12H23N5/c1-15(10-12-17-6-2-3-14-17)9-11-16-7-4-13-5-8-16/h2-3,6,13H,4-5,7-12H2,1H3. The molecule has 0 bridgehead atoms. The molecule has 17 heavy (non-hydrogen) atoms. The van der Waals surface area contributed by atoms with Gasteiger partial charge in [-0.3, -0.25) is 9.58 Å². The minimum atomic E-state index is 0.977.